The quantitative estimate of drug-likeness (QED) is 0.656. The van der Waals surface area contributed by atoms with Gasteiger partial charge in [0, 0.05) is 0 Å². The van der Waals surface area contributed by atoms with Gasteiger partial charge in [0.05, 0.1) is 6.04 Å². The Morgan fingerprint density at radius 2 is 1.65 bits per heavy atom. The normalized spacial score (nSPS) is 12.4. The maximum absolute atomic E-state index is 5.78. The Kier molecular flexibility index (Phi) is 4.58. The van der Waals surface area contributed by atoms with E-state index in [1.807, 2.05) is 0 Å². The lowest BCUT2D eigenvalue weighted by Crippen LogP contribution is -2.30. The van der Waals surface area contributed by atoms with Crippen LogP contribution in [0.3, 0.4) is 0 Å². The predicted molar refractivity (Wildman–Crippen MR) is 85.6 cm³/mol. The van der Waals surface area contributed by atoms with Gasteiger partial charge in [-0.1, -0.05) is 42.0 Å². The van der Waals surface area contributed by atoms with E-state index < -0.39 is 0 Å². The van der Waals surface area contributed by atoms with Crippen LogP contribution < -0.4 is 11.3 Å². The van der Waals surface area contributed by atoms with Crippen LogP contribution in [0.2, 0.25) is 0 Å². The van der Waals surface area contributed by atoms with Crippen molar-refractivity contribution in [3.05, 3.63) is 69.8 Å². The lowest BCUT2D eigenvalue weighted by Gasteiger charge is -2.19. The minimum atomic E-state index is 0.151. The summed E-state index contributed by atoms with van der Waals surface area (Å²) in [7, 11) is 0. The van der Waals surface area contributed by atoms with Crippen molar-refractivity contribution in [2.24, 2.45) is 5.84 Å². The minimum absolute atomic E-state index is 0.151. The molecular weight excluding hydrogens is 244 g/mol. The number of nitrogens with one attached hydrogen (secondary N) is 1. The molecule has 0 bridgehead atoms. The second kappa shape index (κ2) is 6.21. The first-order valence-corrected chi connectivity index (χ1v) is 7.10. The molecule has 2 aromatic carbocycles. The number of benzene rings is 2. The Balaban J connectivity index is 2.26. The van der Waals surface area contributed by atoms with Gasteiger partial charge in [0.15, 0.2) is 0 Å². The second-order valence-electron chi connectivity index (χ2n) is 5.70. The van der Waals surface area contributed by atoms with Crippen LogP contribution in [-0.2, 0) is 6.42 Å². The van der Waals surface area contributed by atoms with Gasteiger partial charge in [0.1, 0.15) is 0 Å². The number of aryl methyl sites for hydroxylation is 4. The molecule has 2 aromatic rings. The van der Waals surface area contributed by atoms with Crippen LogP contribution in [-0.4, -0.2) is 0 Å². The molecular formula is C18H24N2. The van der Waals surface area contributed by atoms with E-state index >= 15 is 0 Å². The summed E-state index contributed by atoms with van der Waals surface area (Å²) in [5.41, 5.74) is 10.8. The molecule has 2 heteroatoms. The van der Waals surface area contributed by atoms with Crippen molar-refractivity contribution in [2.45, 2.75) is 40.2 Å². The summed E-state index contributed by atoms with van der Waals surface area (Å²) in [6.45, 7) is 8.56. The Hall–Kier alpha value is -1.64. The third-order valence-corrected chi connectivity index (χ3v) is 4.01. The molecule has 0 saturated carbocycles. The lowest BCUT2D eigenvalue weighted by atomic mass is 9.93. The molecule has 0 amide bonds. The number of nitrogens with two attached hydrogens (primary N) is 1. The summed E-state index contributed by atoms with van der Waals surface area (Å²) < 4.78 is 0. The zero-order valence-electron chi connectivity index (χ0n) is 12.8. The summed E-state index contributed by atoms with van der Waals surface area (Å²) in [6, 6.07) is 13.3. The highest BCUT2D eigenvalue weighted by Crippen LogP contribution is 2.23. The molecule has 20 heavy (non-hydrogen) atoms. The van der Waals surface area contributed by atoms with Crippen LogP contribution in [0.4, 0.5) is 0 Å². The Bertz CT molecular complexity index is 602. The molecule has 1 unspecified atom stereocenters. The average molecular weight is 268 g/mol. The van der Waals surface area contributed by atoms with Crippen LogP contribution in [0.15, 0.2) is 36.4 Å². The molecule has 0 heterocycles. The molecule has 0 aromatic heterocycles. The fraction of sp³-hybridized carbons (Fsp3) is 0.333. The summed E-state index contributed by atoms with van der Waals surface area (Å²) in [4.78, 5) is 0. The summed E-state index contributed by atoms with van der Waals surface area (Å²) in [6.07, 6.45) is 0.904. The summed E-state index contributed by atoms with van der Waals surface area (Å²) in [5, 5.41) is 0. The zero-order chi connectivity index (χ0) is 14.7. The van der Waals surface area contributed by atoms with E-state index in [1.54, 1.807) is 0 Å². The van der Waals surface area contributed by atoms with E-state index in [0.29, 0.717) is 0 Å². The third kappa shape index (κ3) is 3.27. The van der Waals surface area contributed by atoms with Crippen LogP contribution in [0.1, 0.15) is 39.4 Å². The molecule has 0 fully saturated rings. The van der Waals surface area contributed by atoms with Gasteiger partial charge in [-0.2, -0.15) is 0 Å². The van der Waals surface area contributed by atoms with Gasteiger partial charge in [0.25, 0.3) is 0 Å². The van der Waals surface area contributed by atoms with Crippen molar-refractivity contribution >= 4 is 0 Å². The Morgan fingerprint density at radius 3 is 2.25 bits per heavy atom. The molecule has 3 N–H and O–H groups in total. The van der Waals surface area contributed by atoms with Crippen molar-refractivity contribution in [3.8, 4) is 0 Å². The first kappa shape index (κ1) is 14.8. The Labute approximate surface area is 122 Å². The summed E-state index contributed by atoms with van der Waals surface area (Å²) in [5.74, 6) is 5.78. The topological polar surface area (TPSA) is 38.0 Å². The molecule has 1 atom stereocenters. The van der Waals surface area contributed by atoms with E-state index in [1.165, 1.54) is 33.4 Å². The largest absolute Gasteiger partial charge is 0.271 e. The van der Waals surface area contributed by atoms with Crippen molar-refractivity contribution in [3.63, 3.8) is 0 Å². The van der Waals surface area contributed by atoms with Crippen LogP contribution >= 0.6 is 0 Å². The maximum Gasteiger partial charge on any atom is 0.0502 e. The van der Waals surface area contributed by atoms with E-state index in [4.69, 9.17) is 5.84 Å². The number of hydrazine groups is 1. The lowest BCUT2D eigenvalue weighted by molar-refractivity contribution is 0.549. The molecule has 0 aliphatic rings. The van der Waals surface area contributed by atoms with Gasteiger partial charge in [-0.05, 0) is 61.9 Å². The van der Waals surface area contributed by atoms with Crippen molar-refractivity contribution < 1.29 is 0 Å². The van der Waals surface area contributed by atoms with Crippen molar-refractivity contribution in [2.75, 3.05) is 0 Å². The third-order valence-electron chi connectivity index (χ3n) is 4.01. The molecule has 2 nitrogen and oxygen atoms in total. The highest BCUT2D eigenvalue weighted by atomic mass is 15.2. The maximum atomic E-state index is 5.78. The van der Waals surface area contributed by atoms with Crippen LogP contribution in [0.5, 0.6) is 0 Å². The smallest absolute Gasteiger partial charge is 0.0502 e. The van der Waals surface area contributed by atoms with Gasteiger partial charge < -0.3 is 0 Å². The van der Waals surface area contributed by atoms with Gasteiger partial charge >= 0.3 is 0 Å². The van der Waals surface area contributed by atoms with Crippen LogP contribution in [0.25, 0.3) is 0 Å². The van der Waals surface area contributed by atoms with Crippen molar-refractivity contribution in [1.29, 1.82) is 0 Å². The van der Waals surface area contributed by atoms with Gasteiger partial charge in [-0.15, -0.1) is 0 Å². The highest BCUT2D eigenvalue weighted by molar-refractivity contribution is 5.35. The highest BCUT2D eigenvalue weighted by Gasteiger charge is 2.13. The predicted octanol–water partition coefficient (Wildman–Crippen LogP) is 3.67. The molecule has 0 radical (unpaired) electrons. The van der Waals surface area contributed by atoms with E-state index in [2.05, 4.69) is 69.5 Å². The molecule has 0 aliphatic carbocycles. The number of hydrogen-bond donors (Lipinski definition) is 2. The van der Waals surface area contributed by atoms with Gasteiger partial charge in [-0.3, -0.25) is 11.3 Å². The van der Waals surface area contributed by atoms with Crippen LogP contribution in [0, 0.1) is 27.7 Å². The molecule has 2 rings (SSSR count). The monoisotopic (exact) mass is 268 g/mol. The fourth-order valence-corrected chi connectivity index (χ4v) is 2.64. The second-order valence-corrected chi connectivity index (χ2v) is 5.70. The molecule has 0 spiro atoms. The fourth-order valence-electron chi connectivity index (χ4n) is 2.64. The number of hydrogen-bond acceptors (Lipinski definition) is 2. The van der Waals surface area contributed by atoms with E-state index in [0.717, 1.165) is 6.42 Å². The SMILES string of the molecule is Cc1ccc(C(Cc2ccc(C)c(C)c2)NN)c(C)c1. The molecule has 0 aliphatic heterocycles. The van der Waals surface area contributed by atoms with Crippen molar-refractivity contribution in [1.82, 2.24) is 5.43 Å². The standard InChI is InChI=1S/C18H24N2/c1-12-5-8-17(15(4)9-12)18(20-19)11-16-7-6-13(2)14(3)10-16/h5-10,18,20H,11,19H2,1-4H3. The first-order valence-electron chi connectivity index (χ1n) is 7.10. The molecule has 0 saturated heterocycles. The average Bonchev–Trinajstić information content (AvgIpc) is 2.41. The minimum Gasteiger partial charge on any atom is -0.271 e. The number of rotatable bonds is 4. The van der Waals surface area contributed by atoms with Gasteiger partial charge in [-0.25, -0.2) is 0 Å². The zero-order valence-corrected chi connectivity index (χ0v) is 12.8. The Morgan fingerprint density at radius 1 is 0.900 bits per heavy atom. The molecule has 106 valence electrons. The van der Waals surface area contributed by atoms with E-state index in [9.17, 15) is 0 Å². The van der Waals surface area contributed by atoms with Gasteiger partial charge in [0.2, 0.25) is 0 Å². The summed E-state index contributed by atoms with van der Waals surface area (Å²) >= 11 is 0. The van der Waals surface area contributed by atoms with E-state index in [-0.39, 0.29) is 6.04 Å². The first-order chi connectivity index (χ1) is 9.51.